The van der Waals surface area contributed by atoms with Crippen LogP contribution in [-0.4, -0.2) is 39.3 Å². The number of rotatable bonds is 5. The van der Waals surface area contributed by atoms with Gasteiger partial charge in [0, 0.05) is 18.4 Å². The topological polar surface area (TPSA) is 60.9 Å². The van der Waals surface area contributed by atoms with Crippen LogP contribution in [0.5, 0.6) is 0 Å². The summed E-state index contributed by atoms with van der Waals surface area (Å²) in [5.74, 6) is -1.37. The maximum atomic E-state index is 13.7. The Kier molecular flexibility index (Phi) is 7.09. The van der Waals surface area contributed by atoms with E-state index in [0.717, 1.165) is 34.6 Å². The zero-order valence-electron chi connectivity index (χ0n) is 20.9. The molecule has 1 aliphatic carbocycles. The lowest BCUT2D eigenvalue weighted by Gasteiger charge is -2.31. The highest BCUT2D eigenvalue weighted by atomic mass is 32.2. The highest BCUT2D eigenvalue weighted by Gasteiger charge is 2.42. The number of carboxylic acids is 1. The van der Waals surface area contributed by atoms with E-state index in [1.54, 1.807) is 11.8 Å². The number of nitrogens with zero attached hydrogens (tertiary/aromatic N) is 2. The minimum absolute atomic E-state index is 0.0513. The van der Waals surface area contributed by atoms with Crippen LogP contribution in [-0.2, 0) is 16.0 Å². The highest BCUT2D eigenvalue weighted by molar-refractivity contribution is 8.26. The van der Waals surface area contributed by atoms with Gasteiger partial charge < -0.3 is 10.0 Å². The lowest BCUT2D eigenvalue weighted by Crippen LogP contribution is -2.45. The van der Waals surface area contributed by atoms with E-state index in [4.69, 9.17) is 12.2 Å². The Morgan fingerprint density at radius 1 is 1.11 bits per heavy atom. The number of carboxylic acid groups (broad SMARTS) is 1. The number of aliphatic carboxylic acids is 1. The number of carbonyl (C=O) groups is 2. The average molecular weight is 549 g/mol. The molecule has 0 aromatic heterocycles. The van der Waals surface area contributed by atoms with Crippen molar-refractivity contribution in [2.24, 2.45) is 5.41 Å². The van der Waals surface area contributed by atoms with Crippen LogP contribution < -0.4 is 4.90 Å². The third-order valence-corrected chi connectivity index (χ3v) is 9.38. The van der Waals surface area contributed by atoms with Crippen molar-refractivity contribution in [3.63, 3.8) is 0 Å². The van der Waals surface area contributed by atoms with Crippen molar-refractivity contribution in [2.45, 2.75) is 44.0 Å². The number of fused-ring (bicyclic) bond motifs is 1. The first-order valence-corrected chi connectivity index (χ1v) is 14.2. The summed E-state index contributed by atoms with van der Waals surface area (Å²) in [4.78, 5) is 31.2. The molecule has 1 amide bonds. The van der Waals surface area contributed by atoms with Crippen molar-refractivity contribution in [1.29, 1.82) is 0 Å². The predicted molar refractivity (Wildman–Crippen MR) is 156 cm³/mol. The second-order valence-corrected chi connectivity index (χ2v) is 13.0. The fourth-order valence-electron chi connectivity index (χ4n) is 5.07. The molecule has 1 atom stereocenters. The van der Waals surface area contributed by atoms with Crippen LogP contribution >= 0.6 is 35.7 Å². The molecule has 8 heteroatoms. The van der Waals surface area contributed by atoms with Gasteiger partial charge in [-0.3, -0.25) is 9.69 Å². The Labute approximate surface area is 231 Å². The van der Waals surface area contributed by atoms with E-state index >= 15 is 0 Å². The molecule has 1 unspecified atom stereocenters. The van der Waals surface area contributed by atoms with Crippen LogP contribution in [0.25, 0.3) is 0 Å². The Hall–Kier alpha value is -2.81. The summed E-state index contributed by atoms with van der Waals surface area (Å²) in [6.07, 6.45) is 6.13. The number of thioether (sulfide) groups is 2. The monoisotopic (exact) mass is 548 g/mol. The zero-order valence-corrected chi connectivity index (χ0v) is 23.4. The molecule has 190 valence electrons. The molecular weight excluding hydrogens is 521 g/mol. The maximum Gasteiger partial charge on any atom is 0.327 e. The number of allylic oxidation sites excluding steroid dienone is 4. The minimum atomic E-state index is -1.06. The van der Waals surface area contributed by atoms with E-state index in [0.29, 0.717) is 9.23 Å². The van der Waals surface area contributed by atoms with Gasteiger partial charge in [0.2, 0.25) is 0 Å². The third-order valence-electron chi connectivity index (χ3n) is 6.75. The quantitative estimate of drug-likeness (QED) is 0.333. The van der Waals surface area contributed by atoms with Crippen molar-refractivity contribution in [3.05, 3.63) is 93.4 Å². The molecule has 5 rings (SSSR count). The smallest absolute Gasteiger partial charge is 0.327 e. The molecule has 0 radical (unpaired) electrons. The van der Waals surface area contributed by atoms with Gasteiger partial charge >= 0.3 is 5.97 Å². The fourth-order valence-corrected chi connectivity index (χ4v) is 7.59. The van der Waals surface area contributed by atoms with Crippen molar-refractivity contribution in [3.8, 4) is 0 Å². The Balaban J connectivity index is 1.47. The molecule has 2 aromatic carbocycles. The van der Waals surface area contributed by atoms with E-state index in [1.165, 1.54) is 27.2 Å². The van der Waals surface area contributed by atoms with Crippen LogP contribution in [0.1, 0.15) is 32.3 Å². The van der Waals surface area contributed by atoms with Gasteiger partial charge in [0.25, 0.3) is 5.91 Å². The van der Waals surface area contributed by atoms with E-state index in [1.807, 2.05) is 42.5 Å². The third kappa shape index (κ3) is 5.28. The molecule has 0 saturated carbocycles. The van der Waals surface area contributed by atoms with Gasteiger partial charge in [-0.2, -0.15) is 0 Å². The largest absolute Gasteiger partial charge is 0.480 e. The second-order valence-electron chi connectivity index (χ2n) is 10.3. The number of benzene rings is 2. The molecule has 0 bridgehead atoms. The summed E-state index contributed by atoms with van der Waals surface area (Å²) in [5, 5.41) is 11.1. The average Bonchev–Trinajstić information content (AvgIpc) is 3.32. The summed E-state index contributed by atoms with van der Waals surface area (Å²) in [5.41, 5.74) is 4.06. The van der Waals surface area contributed by atoms with Crippen LogP contribution in [0.2, 0.25) is 0 Å². The Bertz CT molecular complexity index is 1380. The molecule has 5 nitrogen and oxygen atoms in total. The summed E-state index contributed by atoms with van der Waals surface area (Å²) < 4.78 is 0.300. The molecule has 2 aromatic rings. The molecule has 2 heterocycles. The van der Waals surface area contributed by atoms with Crippen molar-refractivity contribution in [1.82, 2.24) is 4.90 Å². The number of carbonyl (C=O) groups excluding carboxylic acids is 1. The SMILES string of the molecule is CN1C(=CC2=CC(=C3SC(=S)N(C(Cc4ccccc4)C(=O)O)C3=O)CC(C)(C)C2)Sc2ccccc21. The maximum absolute atomic E-state index is 13.7. The zero-order chi connectivity index (χ0) is 26.3. The van der Waals surface area contributed by atoms with Gasteiger partial charge in [0.1, 0.15) is 10.4 Å². The fraction of sp³-hybridized carbons (Fsp3) is 0.276. The van der Waals surface area contributed by atoms with Crippen molar-refractivity contribution in [2.75, 3.05) is 11.9 Å². The van der Waals surface area contributed by atoms with Gasteiger partial charge in [0.15, 0.2) is 0 Å². The van der Waals surface area contributed by atoms with E-state index < -0.39 is 12.0 Å². The van der Waals surface area contributed by atoms with Gasteiger partial charge in [-0.05, 0) is 53.2 Å². The summed E-state index contributed by atoms with van der Waals surface area (Å²) >= 11 is 8.53. The number of hydrogen-bond acceptors (Lipinski definition) is 6. The highest BCUT2D eigenvalue weighted by Crippen LogP contribution is 2.48. The first-order valence-electron chi connectivity index (χ1n) is 12.1. The molecule has 2 aliphatic heterocycles. The van der Waals surface area contributed by atoms with Crippen molar-refractivity contribution >= 4 is 57.6 Å². The number of para-hydroxylation sites is 1. The number of amides is 1. The number of thiocarbonyl (C=S) groups is 1. The van der Waals surface area contributed by atoms with Gasteiger partial charge in [-0.1, -0.05) is 98.1 Å². The summed E-state index contributed by atoms with van der Waals surface area (Å²) in [7, 11) is 2.07. The standard InChI is InChI=1S/C29H28N2O3S3/c1-29(2)16-19(15-24-30(3)21-11-7-8-12-23(21)36-24)13-20(17-29)25-26(32)31(28(35)37-25)22(27(33)34)14-18-9-5-4-6-10-18/h4-13,15,22H,14,16-17H2,1-3H3,(H,33,34). The normalized spacial score (nSPS) is 22.9. The second kappa shape index (κ2) is 10.2. The molecule has 1 fully saturated rings. The number of hydrogen-bond donors (Lipinski definition) is 1. The first kappa shape index (κ1) is 25.8. The van der Waals surface area contributed by atoms with Crippen LogP contribution in [0.3, 0.4) is 0 Å². The summed E-state index contributed by atoms with van der Waals surface area (Å²) in [6, 6.07) is 16.6. The lowest BCUT2D eigenvalue weighted by atomic mass is 9.75. The minimum Gasteiger partial charge on any atom is -0.480 e. The number of anilines is 1. The Morgan fingerprint density at radius 3 is 2.51 bits per heavy atom. The van der Waals surface area contributed by atoms with Gasteiger partial charge in [-0.25, -0.2) is 4.79 Å². The van der Waals surface area contributed by atoms with Gasteiger partial charge in [-0.15, -0.1) is 0 Å². The molecule has 0 spiro atoms. The lowest BCUT2D eigenvalue weighted by molar-refractivity contribution is -0.145. The summed E-state index contributed by atoms with van der Waals surface area (Å²) in [6.45, 7) is 4.41. The molecule has 3 aliphatic rings. The molecule has 1 saturated heterocycles. The van der Waals surface area contributed by atoms with Crippen LogP contribution in [0.4, 0.5) is 5.69 Å². The van der Waals surface area contributed by atoms with Gasteiger partial charge in [0.05, 0.1) is 15.6 Å². The van der Waals surface area contributed by atoms with Crippen LogP contribution in [0, 0.1) is 5.41 Å². The molecule has 37 heavy (non-hydrogen) atoms. The van der Waals surface area contributed by atoms with Crippen LogP contribution in [0.15, 0.2) is 92.7 Å². The molecule has 1 N–H and O–H groups in total. The van der Waals surface area contributed by atoms with E-state index in [2.05, 4.69) is 50.1 Å². The Morgan fingerprint density at radius 2 is 1.81 bits per heavy atom. The van der Waals surface area contributed by atoms with E-state index in [9.17, 15) is 14.7 Å². The van der Waals surface area contributed by atoms with E-state index in [-0.39, 0.29) is 17.7 Å². The van der Waals surface area contributed by atoms with Crippen molar-refractivity contribution < 1.29 is 14.7 Å². The predicted octanol–water partition coefficient (Wildman–Crippen LogP) is 6.63. The molecular formula is C29H28N2O3S3. The first-order chi connectivity index (χ1) is 17.6.